The first-order valence-electron chi connectivity index (χ1n) is 7.59. The summed E-state index contributed by atoms with van der Waals surface area (Å²) in [4.78, 5) is 0.164. The molecule has 2 aromatic carbocycles. The Balaban J connectivity index is 1.91. The van der Waals surface area contributed by atoms with Crippen molar-refractivity contribution >= 4 is 43.0 Å². The van der Waals surface area contributed by atoms with E-state index in [1.165, 1.54) is 22.5 Å². The fourth-order valence-electron chi connectivity index (χ4n) is 2.73. The molecule has 25 heavy (non-hydrogen) atoms. The minimum Gasteiger partial charge on any atom is -0.278 e. The highest BCUT2D eigenvalue weighted by Gasteiger charge is 2.29. The predicted molar refractivity (Wildman–Crippen MR) is 99.2 cm³/mol. The highest BCUT2D eigenvalue weighted by Crippen LogP contribution is 2.32. The van der Waals surface area contributed by atoms with Crippen LogP contribution in [-0.2, 0) is 20.0 Å². The number of aryl methyl sites for hydroxylation is 1. The van der Waals surface area contributed by atoms with Crippen molar-refractivity contribution in [2.24, 2.45) is 0 Å². The number of rotatable bonds is 4. The Labute approximate surface area is 152 Å². The van der Waals surface area contributed by atoms with Crippen LogP contribution >= 0.6 is 11.6 Å². The van der Waals surface area contributed by atoms with Crippen molar-refractivity contribution in [2.75, 3.05) is 21.3 Å². The fraction of sp³-hybridized carbons (Fsp3) is 0.250. The molecule has 134 valence electrons. The zero-order valence-electron chi connectivity index (χ0n) is 13.4. The molecule has 3 rings (SSSR count). The van der Waals surface area contributed by atoms with Gasteiger partial charge in [0.05, 0.1) is 27.0 Å². The molecular weight excluding hydrogens is 384 g/mol. The van der Waals surface area contributed by atoms with Gasteiger partial charge in [0.2, 0.25) is 10.0 Å². The van der Waals surface area contributed by atoms with Gasteiger partial charge in [-0.2, -0.15) is 0 Å². The molecule has 0 amide bonds. The summed E-state index contributed by atoms with van der Waals surface area (Å²) >= 11 is 6.19. The van der Waals surface area contributed by atoms with Crippen LogP contribution in [0.3, 0.4) is 0 Å². The summed E-state index contributed by atoms with van der Waals surface area (Å²) in [5.41, 5.74) is 1.25. The van der Waals surface area contributed by atoms with E-state index in [-0.39, 0.29) is 21.4 Å². The lowest BCUT2D eigenvalue weighted by Gasteiger charge is -2.18. The number of hydrogen-bond acceptors (Lipinski definition) is 4. The van der Waals surface area contributed by atoms with Gasteiger partial charge >= 0.3 is 0 Å². The maximum atomic E-state index is 12.5. The zero-order chi connectivity index (χ0) is 18.2. The van der Waals surface area contributed by atoms with Crippen LogP contribution < -0.4 is 9.03 Å². The molecule has 0 radical (unpaired) electrons. The molecule has 9 heteroatoms. The van der Waals surface area contributed by atoms with Gasteiger partial charge in [0.25, 0.3) is 10.0 Å². The van der Waals surface area contributed by atoms with E-state index < -0.39 is 20.0 Å². The standard InChI is InChI=1S/C16H17ClN2O4S2/c1-12-5-2-3-6-16(12)25(22,23)18-15-8-7-13(11-14(15)17)19-9-4-10-24(19,20)21/h2-3,5-8,11,18H,4,9-10H2,1H3. The average Bonchev–Trinajstić information content (AvgIpc) is 2.89. The van der Waals surface area contributed by atoms with Crippen molar-refractivity contribution in [3.05, 3.63) is 53.1 Å². The van der Waals surface area contributed by atoms with Crippen LogP contribution in [0.25, 0.3) is 0 Å². The zero-order valence-corrected chi connectivity index (χ0v) is 15.8. The van der Waals surface area contributed by atoms with Gasteiger partial charge in [0.1, 0.15) is 0 Å². The first-order valence-corrected chi connectivity index (χ1v) is 11.1. The number of anilines is 2. The second kappa shape index (κ2) is 6.51. The van der Waals surface area contributed by atoms with E-state index in [4.69, 9.17) is 11.6 Å². The number of sulfonamides is 2. The Morgan fingerprint density at radius 3 is 2.48 bits per heavy atom. The lowest BCUT2D eigenvalue weighted by atomic mass is 10.2. The first kappa shape index (κ1) is 18.0. The molecule has 0 unspecified atom stereocenters. The Morgan fingerprint density at radius 2 is 1.88 bits per heavy atom. The normalized spacial score (nSPS) is 16.8. The highest BCUT2D eigenvalue weighted by atomic mass is 35.5. The molecule has 0 atom stereocenters. The molecule has 0 spiro atoms. The average molecular weight is 401 g/mol. The van der Waals surface area contributed by atoms with Crippen molar-refractivity contribution in [1.29, 1.82) is 0 Å². The maximum Gasteiger partial charge on any atom is 0.262 e. The Morgan fingerprint density at radius 1 is 1.16 bits per heavy atom. The van der Waals surface area contributed by atoms with Crippen LogP contribution in [0.5, 0.6) is 0 Å². The molecule has 1 heterocycles. The van der Waals surface area contributed by atoms with Gasteiger partial charge in [-0.05, 0) is 43.2 Å². The minimum atomic E-state index is -3.79. The molecule has 1 aliphatic rings. The van der Waals surface area contributed by atoms with E-state index in [2.05, 4.69) is 4.72 Å². The summed E-state index contributed by atoms with van der Waals surface area (Å²) < 4.78 is 52.8. The van der Waals surface area contributed by atoms with Crippen LogP contribution in [0.15, 0.2) is 47.4 Å². The van der Waals surface area contributed by atoms with Crippen LogP contribution in [-0.4, -0.2) is 29.1 Å². The second-order valence-electron chi connectivity index (χ2n) is 5.78. The molecule has 0 aromatic heterocycles. The molecule has 0 aliphatic carbocycles. The third-order valence-corrected chi connectivity index (χ3v) is 7.68. The van der Waals surface area contributed by atoms with Crippen molar-refractivity contribution in [3.8, 4) is 0 Å². The molecule has 6 nitrogen and oxygen atoms in total. The van der Waals surface area contributed by atoms with E-state index in [0.717, 1.165) is 0 Å². The smallest absolute Gasteiger partial charge is 0.262 e. The summed E-state index contributed by atoms with van der Waals surface area (Å²) in [5, 5.41) is 0.136. The lowest BCUT2D eigenvalue weighted by molar-refractivity contribution is 0.598. The molecular formula is C16H17ClN2O4S2. The first-order chi connectivity index (χ1) is 11.7. The van der Waals surface area contributed by atoms with Gasteiger partial charge in [0.15, 0.2) is 0 Å². The SMILES string of the molecule is Cc1ccccc1S(=O)(=O)Nc1ccc(N2CCCS2(=O)=O)cc1Cl. The van der Waals surface area contributed by atoms with Gasteiger partial charge in [-0.1, -0.05) is 29.8 Å². The third-order valence-electron chi connectivity index (χ3n) is 3.97. The minimum absolute atomic E-state index is 0.103. The van der Waals surface area contributed by atoms with Crippen LogP contribution in [0, 0.1) is 6.92 Å². The quantitative estimate of drug-likeness (QED) is 0.855. The van der Waals surface area contributed by atoms with Crippen molar-refractivity contribution < 1.29 is 16.8 Å². The monoisotopic (exact) mass is 400 g/mol. The van der Waals surface area contributed by atoms with Gasteiger partial charge in [-0.15, -0.1) is 0 Å². The number of benzene rings is 2. The molecule has 1 N–H and O–H groups in total. The summed E-state index contributed by atoms with van der Waals surface area (Å²) in [6, 6.07) is 11.1. The summed E-state index contributed by atoms with van der Waals surface area (Å²) in [6.45, 7) is 2.10. The maximum absolute atomic E-state index is 12.5. The molecule has 1 fully saturated rings. The molecule has 2 aromatic rings. The van der Waals surface area contributed by atoms with Crippen molar-refractivity contribution in [2.45, 2.75) is 18.2 Å². The third kappa shape index (κ3) is 3.61. The number of nitrogens with zero attached hydrogens (tertiary/aromatic N) is 1. The molecule has 0 bridgehead atoms. The topological polar surface area (TPSA) is 83.6 Å². The van der Waals surface area contributed by atoms with E-state index in [1.54, 1.807) is 31.2 Å². The Kier molecular flexibility index (Phi) is 4.70. The van der Waals surface area contributed by atoms with E-state index >= 15 is 0 Å². The van der Waals surface area contributed by atoms with Gasteiger partial charge in [0, 0.05) is 6.54 Å². The van der Waals surface area contributed by atoms with Gasteiger partial charge in [-0.25, -0.2) is 16.8 Å². The molecule has 1 aliphatic heterocycles. The number of halogens is 1. The van der Waals surface area contributed by atoms with Crippen molar-refractivity contribution in [3.63, 3.8) is 0 Å². The summed E-state index contributed by atoms with van der Waals surface area (Å²) in [7, 11) is -7.10. The second-order valence-corrected chi connectivity index (χ2v) is 9.85. The Hall–Kier alpha value is -1.77. The van der Waals surface area contributed by atoms with E-state index in [1.807, 2.05) is 0 Å². The largest absolute Gasteiger partial charge is 0.278 e. The number of nitrogens with one attached hydrogen (secondary N) is 1. The predicted octanol–water partition coefficient (Wildman–Crippen LogP) is 2.99. The van der Waals surface area contributed by atoms with Crippen LogP contribution in [0.1, 0.15) is 12.0 Å². The fourth-order valence-corrected chi connectivity index (χ4v) is 5.89. The summed E-state index contributed by atoms with van der Waals surface area (Å²) in [6.07, 6.45) is 0.557. The van der Waals surface area contributed by atoms with Crippen molar-refractivity contribution in [1.82, 2.24) is 0 Å². The van der Waals surface area contributed by atoms with Crippen LogP contribution in [0.2, 0.25) is 5.02 Å². The van der Waals surface area contributed by atoms with Gasteiger partial charge < -0.3 is 0 Å². The number of hydrogen-bond donors (Lipinski definition) is 1. The molecule has 1 saturated heterocycles. The Bertz CT molecular complexity index is 1020. The lowest BCUT2D eigenvalue weighted by Crippen LogP contribution is -2.25. The van der Waals surface area contributed by atoms with E-state index in [0.29, 0.717) is 24.2 Å². The van der Waals surface area contributed by atoms with E-state index in [9.17, 15) is 16.8 Å². The van der Waals surface area contributed by atoms with Gasteiger partial charge in [-0.3, -0.25) is 9.03 Å². The summed E-state index contributed by atoms with van der Waals surface area (Å²) in [5.74, 6) is 0.103. The highest BCUT2D eigenvalue weighted by molar-refractivity contribution is 7.93. The molecule has 0 saturated carbocycles. The van der Waals surface area contributed by atoms with Crippen LogP contribution in [0.4, 0.5) is 11.4 Å².